The van der Waals surface area contributed by atoms with Gasteiger partial charge in [-0.15, -0.1) is 10.2 Å². The first-order valence-corrected chi connectivity index (χ1v) is 7.55. The van der Waals surface area contributed by atoms with Crippen molar-refractivity contribution in [3.63, 3.8) is 0 Å². The number of pyridine rings is 1. The molecule has 22 heavy (non-hydrogen) atoms. The fraction of sp³-hybridized carbons (Fsp3) is 0.467. The molecule has 4 rings (SSSR count). The predicted octanol–water partition coefficient (Wildman–Crippen LogP) is 1.06. The lowest BCUT2D eigenvalue weighted by molar-refractivity contribution is 0.0679. The molecule has 1 aliphatic carbocycles. The first-order chi connectivity index (χ1) is 10.6. The number of H-pyrrole nitrogens is 1. The van der Waals surface area contributed by atoms with Crippen LogP contribution in [-0.4, -0.2) is 37.1 Å². The molecule has 114 valence electrons. The van der Waals surface area contributed by atoms with Gasteiger partial charge in [-0.25, -0.2) is 0 Å². The molecule has 0 aromatic carbocycles. The van der Waals surface area contributed by atoms with Gasteiger partial charge in [0, 0.05) is 24.7 Å². The monoisotopic (exact) mass is 299 g/mol. The van der Waals surface area contributed by atoms with Gasteiger partial charge in [0.2, 0.25) is 5.56 Å². The van der Waals surface area contributed by atoms with Crippen molar-refractivity contribution in [2.45, 2.75) is 38.3 Å². The molecule has 0 bridgehead atoms. The molecule has 0 saturated heterocycles. The van der Waals surface area contributed by atoms with Gasteiger partial charge in [0.15, 0.2) is 5.82 Å². The number of nitrogens with zero attached hydrogens (tertiary/aromatic N) is 4. The highest BCUT2D eigenvalue weighted by Gasteiger charge is 2.35. The van der Waals surface area contributed by atoms with Gasteiger partial charge in [-0.2, -0.15) is 0 Å². The van der Waals surface area contributed by atoms with Crippen LogP contribution in [0, 0.1) is 0 Å². The lowest BCUT2D eigenvalue weighted by Crippen LogP contribution is -2.40. The van der Waals surface area contributed by atoms with Crippen molar-refractivity contribution in [2.24, 2.45) is 0 Å². The van der Waals surface area contributed by atoms with E-state index in [0.29, 0.717) is 24.6 Å². The molecule has 2 aromatic heterocycles. The zero-order valence-electron chi connectivity index (χ0n) is 12.3. The molecular formula is C15H17N5O2. The minimum Gasteiger partial charge on any atom is -0.329 e. The highest BCUT2D eigenvalue weighted by Crippen LogP contribution is 2.41. The van der Waals surface area contributed by atoms with Crippen LogP contribution in [0.1, 0.15) is 53.7 Å². The molecule has 1 atom stereocenters. The predicted molar refractivity (Wildman–Crippen MR) is 78.5 cm³/mol. The summed E-state index contributed by atoms with van der Waals surface area (Å²) in [6.45, 7) is 3.18. The first kappa shape index (κ1) is 13.2. The summed E-state index contributed by atoms with van der Waals surface area (Å²) in [5.41, 5.74) is 0.277. The fourth-order valence-electron chi connectivity index (χ4n) is 3.06. The van der Waals surface area contributed by atoms with E-state index in [4.69, 9.17) is 0 Å². The molecule has 0 radical (unpaired) electrons. The number of aromatic amines is 1. The molecule has 0 unspecified atom stereocenters. The van der Waals surface area contributed by atoms with Crippen LogP contribution in [0.2, 0.25) is 0 Å². The van der Waals surface area contributed by atoms with E-state index in [1.54, 1.807) is 11.0 Å². The Bertz CT molecular complexity index is 769. The van der Waals surface area contributed by atoms with E-state index in [9.17, 15) is 9.59 Å². The number of carbonyl (C=O) groups excluding carboxylic acids is 1. The SMILES string of the molecule is C[C@H]1CN(C(=O)c2ccc(=O)[nH]c2)Cc2nnc(C3CC3)n21. The molecule has 3 heterocycles. The van der Waals surface area contributed by atoms with Crippen LogP contribution in [0.5, 0.6) is 0 Å². The number of amides is 1. The maximum Gasteiger partial charge on any atom is 0.255 e. The maximum atomic E-state index is 12.6. The third-order valence-corrected chi connectivity index (χ3v) is 4.31. The molecule has 2 aromatic rings. The second-order valence-electron chi connectivity index (χ2n) is 6.10. The normalized spacial score (nSPS) is 20.8. The molecule has 1 fully saturated rings. The molecule has 1 saturated carbocycles. The lowest BCUT2D eigenvalue weighted by Gasteiger charge is -2.32. The number of carbonyl (C=O) groups is 1. The van der Waals surface area contributed by atoms with Crippen LogP contribution in [0.4, 0.5) is 0 Å². The second kappa shape index (κ2) is 4.79. The molecule has 1 N–H and O–H groups in total. The Morgan fingerprint density at radius 2 is 2.14 bits per heavy atom. The minimum atomic E-state index is -0.211. The van der Waals surface area contributed by atoms with Crippen molar-refractivity contribution >= 4 is 5.91 Å². The fourth-order valence-corrected chi connectivity index (χ4v) is 3.06. The van der Waals surface area contributed by atoms with Crippen LogP contribution >= 0.6 is 0 Å². The van der Waals surface area contributed by atoms with Crippen molar-refractivity contribution < 1.29 is 4.79 Å². The van der Waals surface area contributed by atoms with Gasteiger partial charge in [-0.1, -0.05) is 0 Å². The van der Waals surface area contributed by atoms with Gasteiger partial charge in [0.1, 0.15) is 5.82 Å². The highest BCUT2D eigenvalue weighted by atomic mass is 16.2. The van der Waals surface area contributed by atoms with Gasteiger partial charge in [-0.3, -0.25) is 9.59 Å². The number of fused-ring (bicyclic) bond motifs is 1. The Morgan fingerprint density at radius 3 is 2.82 bits per heavy atom. The molecular weight excluding hydrogens is 282 g/mol. The van der Waals surface area contributed by atoms with E-state index in [1.165, 1.54) is 25.1 Å². The van der Waals surface area contributed by atoms with E-state index in [2.05, 4.69) is 26.7 Å². The number of hydrogen-bond acceptors (Lipinski definition) is 4. The quantitative estimate of drug-likeness (QED) is 0.898. The number of nitrogens with one attached hydrogen (secondary N) is 1. The molecule has 0 spiro atoms. The third kappa shape index (κ3) is 2.13. The molecule has 1 aliphatic heterocycles. The number of aromatic nitrogens is 4. The summed E-state index contributed by atoms with van der Waals surface area (Å²) >= 11 is 0. The van der Waals surface area contributed by atoms with E-state index in [0.717, 1.165) is 11.6 Å². The lowest BCUT2D eigenvalue weighted by atomic mass is 10.1. The van der Waals surface area contributed by atoms with Crippen molar-refractivity contribution in [3.05, 3.63) is 45.9 Å². The topological polar surface area (TPSA) is 83.9 Å². The zero-order valence-corrected chi connectivity index (χ0v) is 12.3. The van der Waals surface area contributed by atoms with E-state index >= 15 is 0 Å². The van der Waals surface area contributed by atoms with E-state index in [1.807, 2.05) is 0 Å². The minimum absolute atomic E-state index is 0.0923. The van der Waals surface area contributed by atoms with Crippen LogP contribution < -0.4 is 5.56 Å². The summed E-state index contributed by atoms with van der Waals surface area (Å²) in [5, 5.41) is 8.59. The largest absolute Gasteiger partial charge is 0.329 e. The smallest absolute Gasteiger partial charge is 0.255 e. The van der Waals surface area contributed by atoms with Gasteiger partial charge >= 0.3 is 0 Å². The zero-order chi connectivity index (χ0) is 15.3. The summed E-state index contributed by atoms with van der Waals surface area (Å²) in [6.07, 6.45) is 3.83. The average molecular weight is 299 g/mol. The third-order valence-electron chi connectivity index (χ3n) is 4.31. The van der Waals surface area contributed by atoms with Crippen molar-refractivity contribution in [1.29, 1.82) is 0 Å². The standard InChI is InChI=1S/C15H17N5O2/c1-9-7-19(15(22)11-4-5-13(21)16-6-11)8-12-17-18-14(20(9)12)10-2-3-10/h4-6,9-10H,2-3,7-8H2,1H3,(H,16,21)/t9-/m0/s1. The van der Waals surface area contributed by atoms with Crippen molar-refractivity contribution in [3.8, 4) is 0 Å². The molecule has 7 nitrogen and oxygen atoms in total. The Morgan fingerprint density at radius 1 is 1.32 bits per heavy atom. The summed E-state index contributed by atoms with van der Waals surface area (Å²) < 4.78 is 2.19. The molecule has 1 amide bonds. The Kier molecular flexibility index (Phi) is 2.88. The Balaban J connectivity index is 1.61. The van der Waals surface area contributed by atoms with Crippen LogP contribution in [-0.2, 0) is 6.54 Å². The summed E-state index contributed by atoms with van der Waals surface area (Å²) in [6, 6.07) is 3.09. The van der Waals surface area contributed by atoms with Crippen LogP contribution in [0.15, 0.2) is 23.1 Å². The van der Waals surface area contributed by atoms with Crippen LogP contribution in [0.25, 0.3) is 0 Å². The maximum absolute atomic E-state index is 12.6. The van der Waals surface area contributed by atoms with E-state index < -0.39 is 0 Å². The Hall–Kier alpha value is -2.44. The van der Waals surface area contributed by atoms with Crippen molar-refractivity contribution in [1.82, 2.24) is 24.6 Å². The average Bonchev–Trinajstić information content (AvgIpc) is 3.27. The van der Waals surface area contributed by atoms with Crippen LogP contribution in [0.3, 0.4) is 0 Å². The summed E-state index contributed by atoms with van der Waals surface area (Å²) in [5.74, 6) is 2.37. The highest BCUT2D eigenvalue weighted by molar-refractivity contribution is 5.93. The molecule has 2 aliphatic rings. The number of hydrogen-bond donors (Lipinski definition) is 1. The summed E-state index contributed by atoms with van der Waals surface area (Å²) in [4.78, 5) is 28.0. The number of rotatable bonds is 2. The summed E-state index contributed by atoms with van der Waals surface area (Å²) in [7, 11) is 0. The van der Waals surface area contributed by atoms with Gasteiger partial charge in [0.25, 0.3) is 5.91 Å². The van der Waals surface area contributed by atoms with Gasteiger partial charge < -0.3 is 14.5 Å². The Labute approximate surface area is 127 Å². The second-order valence-corrected chi connectivity index (χ2v) is 6.10. The van der Waals surface area contributed by atoms with Gasteiger partial charge in [-0.05, 0) is 25.8 Å². The molecule has 7 heteroatoms. The van der Waals surface area contributed by atoms with Crippen molar-refractivity contribution in [2.75, 3.05) is 6.54 Å². The first-order valence-electron chi connectivity index (χ1n) is 7.55. The van der Waals surface area contributed by atoms with Gasteiger partial charge in [0.05, 0.1) is 18.2 Å². The van der Waals surface area contributed by atoms with E-state index in [-0.39, 0.29) is 17.5 Å².